The zero-order valence-electron chi connectivity index (χ0n) is 11.2. The summed E-state index contributed by atoms with van der Waals surface area (Å²) in [6.07, 6.45) is 1.88. The summed E-state index contributed by atoms with van der Waals surface area (Å²) in [5, 5.41) is 1.09. The van der Waals surface area contributed by atoms with Crippen molar-refractivity contribution in [3.8, 4) is 5.88 Å². The molecule has 0 aliphatic heterocycles. The zero-order valence-corrected chi connectivity index (χ0v) is 12.0. The lowest BCUT2D eigenvalue weighted by Crippen LogP contribution is -2.01. The molecule has 2 rings (SSSR count). The molecule has 0 aliphatic carbocycles. The van der Waals surface area contributed by atoms with Crippen LogP contribution in [-0.2, 0) is 9.53 Å². The summed E-state index contributed by atoms with van der Waals surface area (Å²) in [5.41, 5.74) is 0. The molecule has 0 N–H and O–H groups in total. The van der Waals surface area contributed by atoms with E-state index in [1.54, 1.807) is 18.3 Å². The van der Waals surface area contributed by atoms with Gasteiger partial charge in [0.25, 0.3) is 0 Å². The molecule has 1 heterocycles. The van der Waals surface area contributed by atoms with Crippen molar-refractivity contribution in [1.29, 1.82) is 0 Å². The van der Waals surface area contributed by atoms with Gasteiger partial charge < -0.3 is 9.47 Å². The Bertz CT molecular complexity index is 633. The number of rotatable bonds is 5. The predicted molar refractivity (Wildman–Crippen MR) is 75.6 cm³/mol. The van der Waals surface area contributed by atoms with Gasteiger partial charge in [-0.2, -0.15) is 0 Å². The van der Waals surface area contributed by atoms with Gasteiger partial charge in [0.05, 0.1) is 26.0 Å². The molecule has 0 unspecified atom stereocenters. The third-order valence-corrected chi connectivity index (χ3v) is 3.86. The minimum absolute atomic E-state index is 0.260. The number of carbonyl (C=O) groups is 1. The second-order valence-corrected chi connectivity index (χ2v) is 5.10. The molecule has 1 aromatic carbocycles. The third kappa shape index (κ3) is 3.01. The number of methoxy groups -OCH3 is 2. The maximum absolute atomic E-state index is 13.9. The van der Waals surface area contributed by atoms with Crippen molar-refractivity contribution in [2.75, 3.05) is 20.0 Å². The van der Waals surface area contributed by atoms with Gasteiger partial charge >= 0.3 is 5.97 Å². The second kappa shape index (κ2) is 6.56. The number of pyridine rings is 1. The molecule has 0 spiro atoms. The molecule has 6 heteroatoms. The highest BCUT2D eigenvalue weighted by atomic mass is 32.2. The largest absolute Gasteiger partial charge is 0.480 e. The molecule has 0 aliphatic rings. The van der Waals surface area contributed by atoms with Crippen LogP contribution in [0.1, 0.15) is 6.42 Å². The van der Waals surface area contributed by atoms with Crippen LogP contribution >= 0.6 is 11.8 Å². The maximum Gasteiger partial charge on any atom is 0.306 e. The summed E-state index contributed by atoms with van der Waals surface area (Å²) in [6.45, 7) is 0. The average molecular weight is 295 g/mol. The molecular formula is C14H14FNO3S. The molecule has 2 aromatic rings. The molecule has 0 saturated heterocycles. The summed E-state index contributed by atoms with van der Waals surface area (Å²) in [7, 11) is 2.81. The minimum Gasteiger partial charge on any atom is -0.480 e. The predicted octanol–water partition coefficient (Wildman–Crippen LogP) is 3.04. The van der Waals surface area contributed by atoms with Crippen molar-refractivity contribution in [3.05, 3.63) is 30.2 Å². The Hall–Kier alpha value is -1.82. The van der Waals surface area contributed by atoms with Crippen LogP contribution in [0, 0.1) is 5.82 Å². The Morgan fingerprint density at radius 2 is 2.15 bits per heavy atom. The number of hydrogen-bond donors (Lipinski definition) is 0. The number of nitrogens with zero attached hydrogens (tertiary/aromatic N) is 1. The number of fused-ring (bicyclic) bond motifs is 1. The maximum atomic E-state index is 13.9. The van der Waals surface area contributed by atoms with Crippen molar-refractivity contribution in [2.45, 2.75) is 11.3 Å². The van der Waals surface area contributed by atoms with Crippen molar-refractivity contribution >= 4 is 28.5 Å². The highest BCUT2D eigenvalue weighted by Gasteiger charge is 2.12. The van der Waals surface area contributed by atoms with Crippen molar-refractivity contribution < 1.29 is 18.7 Å². The van der Waals surface area contributed by atoms with Crippen molar-refractivity contribution in [3.63, 3.8) is 0 Å². The average Bonchev–Trinajstić information content (AvgIpc) is 2.48. The van der Waals surface area contributed by atoms with Gasteiger partial charge in [0.15, 0.2) is 0 Å². The van der Waals surface area contributed by atoms with Crippen LogP contribution in [-0.4, -0.2) is 30.9 Å². The first kappa shape index (κ1) is 14.6. The van der Waals surface area contributed by atoms with E-state index in [9.17, 15) is 9.18 Å². The topological polar surface area (TPSA) is 48.4 Å². The zero-order chi connectivity index (χ0) is 14.5. The first-order valence-corrected chi connectivity index (χ1v) is 6.96. The van der Waals surface area contributed by atoms with E-state index >= 15 is 0 Å². The summed E-state index contributed by atoms with van der Waals surface area (Å²) in [4.78, 5) is 16.0. The summed E-state index contributed by atoms with van der Waals surface area (Å²) >= 11 is 1.47. The Balaban J connectivity index is 2.31. The normalized spacial score (nSPS) is 10.6. The fraction of sp³-hybridized carbons (Fsp3) is 0.286. The van der Waals surface area contributed by atoms with Gasteiger partial charge in [0.1, 0.15) is 5.82 Å². The number of hydrogen-bond acceptors (Lipinski definition) is 5. The molecule has 0 radical (unpaired) electrons. The summed E-state index contributed by atoms with van der Waals surface area (Å²) < 4.78 is 23.6. The lowest BCUT2D eigenvalue weighted by Gasteiger charge is -2.09. The van der Waals surface area contributed by atoms with E-state index in [0.29, 0.717) is 17.6 Å². The molecule has 1 aromatic heterocycles. The highest BCUT2D eigenvalue weighted by Crippen LogP contribution is 2.33. The van der Waals surface area contributed by atoms with Crippen LogP contribution in [0.2, 0.25) is 0 Å². The lowest BCUT2D eigenvalue weighted by molar-refractivity contribution is -0.140. The van der Waals surface area contributed by atoms with E-state index in [1.165, 1.54) is 32.0 Å². The SMILES string of the molecule is COC(=O)CCSc1ccc(F)c2c(OC)nccc12. The molecule has 20 heavy (non-hydrogen) atoms. The van der Waals surface area contributed by atoms with Gasteiger partial charge in [0, 0.05) is 22.2 Å². The molecule has 0 saturated carbocycles. The Morgan fingerprint density at radius 1 is 1.35 bits per heavy atom. The van der Waals surface area contributed by atoms with E-state index in [2.05, 4.69) is 9.72 Å². The summed E-state index contributed by atoms with van der Waals surface area (Å²) in [6, 6.07) is 4.81. The van der Waals surface area contributed by atoms with E-state index in [0.717, 1.165) is 10.3 Å². The number of ether oxygens (including phenoxy) is 2. The van der Waals surface area contributed by atoms with Crippen LogP contribution < -0.4 is 4.74 Å². The molecule has 0 amide bonds. The van der Waals surface area contributed by atoms with Crippen molar-refractivity contribution in [2.24, 2.45) is 0 Å². The van der Waals surface area contributed by atoms with Crippen LogP contribution in [0.15, 0.2) is 29.3 Å². The fourth-order valence-electron chi connectivity index (χ4n) is 1.83. The van der Waals surface area contributed by atoms with Crippen LogP contribution in [0.3, 0.4) is 0 Å². The number of thioether (sulfide) groups is 1. The Morgan fingerprint density at radius 3 is 2.85 bits per heavy atom. The lowest BCUT2D eigenvalue weighted by atomic mass is 10.1. The molecule has 0 atom stereocenters. The molecule has 4 nitrogen and oxygen atoms in total. The van der Waals surface area contributed by atoms with Gasteiger partial charge in [-0.15, -0.1) is 11.8 Å². The Kier molecular flexibility index (Phi) is 4.79. The van der Waals surface area contributed by atoms with Gasteiger partial charge in [0.2, 0.25) is 5.88 Å². The van der Waals surface area contributed by atoms with Crippen molar-refractivity contribution in [1.82, 2.24) is 4.98 Å². The monoisotopic (exact) mass is 295 g/mol. The van der Waals surface area contributed by atoms with E-state index in [1.807, 2.05) is 0 Å². The highest BCUT2D eigenvalue weighted by molar-refractivity contribution is 7.99. The molecule has 0 fully saturated rings. The number of carbonyl (C=O) groups excluding carboxylic acids is 1. The van der Waals surface area contributed by atoms with E-state index < -0.39 is 0 Å². The smallest absolute Gasteiger partial charge is 0.306 e. The quantitative estimate of drug-likeness (QED) is 0.627. The van der Waals surface area contributed by atoms with Gasteiger partial charge in [-0.25, -0.2) is 9.37 Å². The van der Waals surface area contributed by atoms with Crippen LogP contribution in [0.5, 0.6) is 5.88 Å². The van der Waals surface area contributed by atoms with Gasteiger partial charge in [-0.1, -0.05) is 0 Å². The van der Waals surface area contributed by atoms with Crippen LogP contribution in [0.4, 0.5) is 4.39 Å². The Labute approximate surface area is 120 Å². The summed E-state index contributed by atoms with van der Waals surface area (Å²) in [5.74, 6) is 0.193. The van der Waals surface area contributed by atoms with Gasteiger partial charge in [-0.05, 0) is 18.2 Å². The third-order valence-electron chi connectivity index (χ3n) is 2.79. The number of halogens is 1. The number of benzene rings is 1. The first-order valence-electron chi connectivity index (χ1n) is 5.98. The van der Waals surface area contributed by atoms with Gasteiger partial charge in [-0.3, -0.25) is 4.79 Å². The number of aromatic nitrogens is 1. The van der Waals surface area contributed by atoms with E-state index in [-0.39, 0.29) is 17.7 Å². The fourth-order valence-corrected chi connectivity index (χ4v) is 2.81. The molecular weight excluding hydrogens is 281 g/mol. The van der Waals surface area contributed by atoms with Crippen LogP contribution in [0.25, 0.3) is 10.8 Å². The number of esters is 1. The first-order chi connectivity index (χ1) is 9.67. The second-order valence-electron chi connectivity index (χ2n) is 3.96. The minimum atomic E-state index is -0.373. The molecule has 0 bridgehead atoms. The molecule has 106 valence electrons. The van der Waals surface area contributed by atoms with E-state index in [4.69, 9.17) is 4.74 Å². The standard InChI is InChI=1S/C14H14FNO3S/c1-18-12(17)6-8-20-11-4-3-10(15)13-9(11)5-7-16-14(13)19-2/h3-5,7H,6,8H2,1-2H3.